The van der Waals surface area contributed by atoms with E-state index in [-0.39, 0.29) is 17.9 Å². The molecule has 0 aliphatic carbocycles. The fraction of sp³-hybridized carbons (Fsp3) is 0.611. The van der Waals surface area contributed by atoms with Crippen molar-refractivity contribution in [3.63, 3.8) is 0 Å². The molecule has 1 aromatic heterocycles. The molecule has 7 heteroatoms. The van der Waals surface area contributed by atoms with E-state index in [9.17, 15) is 9.59 Å². The second-order valence-corrected chi connectivity index (χ2v) is 6.82. The summed E-state index contributed by atoms with van der Waals surface area (Å²) in [7, 11) is 0. The van der Waals surface area contributed by atoms with Crippen LogP contribution in [0, 0.1) is 0 Å². The largest absolute Gasteiger partial charge is 0.371 e. The molecule has 2 aliphatic heterocycles. The topological polar surface area (TPSA) is 86.4 Å². The fourth-order valence-electron chi connectivity index (χ4n) is 3.36. The Hall–Kier alpha value is -2.15. The van der Waals surface area contributed by atoms with Gasteiger partial charge in [0.15, 0.2) is 0 Å². The fourth-order valence-corrected chi connectivity index (χ4v) is 3.36. The Morgan fingerprint density at radius 2 is 2.08 bits per heavy atom. The standard InChI is InChI=1S/C18H27N5O2/c1-13(21-18(25)15-6-5-8-19-15)17(24)22-16-12-14(7-9-20-16)23-10-3-2-4-11-23/h7,9,12-13,15,19H,2-6,8,10-11H2,1H3,(H,21,25)(H,20,22,24)/t13-,15-/m0/s1. The van der Waals surface area contributed by atoms with Gasteiger partial charge in [0.2, 0.25) is 11.8 Å². The molecule has 2 saturated heterocycles. The summed E-state index contributed by atoms with van der Waals surface area (Å²) in [6.07, 6.45) is 7.19. The SMILES string of the molecule is C[C@H](NC(=O)[C@@H]1CCCN1)C(=O)Nc1cc(N2CCCCC2)ccn1. The van der Waals surface area contributed by atoms with E-state index < -0.39 is 6.04 Å². The molecule has 0 saturated carbocycles. The number of anilines is 2. The van der Waals surface area contributed by atoms with Gasteiger partial charge in [0.1, 0.15) is 11.9 Å². The number of carbonyl (C=O) groups is 2. The summed E-state index contributed by atoms with van der Waals surface area (Å²) in [6.45, 7) is 4.62. The zero-order valence-electron chi connectivity index (χ0n) is 14.8. The Morgan fingerprint density at radius 3 is 2.80 bits per heavy atom. The monoisotopic (exact) mass is 345 g/mol. The molecule has 136 valence electrons. The molecule has 1 aromatic rings. The molecule has 7 nitrogen and oxygen atoms in total. The number of pyridine rings is 1. The highest BCUT2D eigenvalue weighted by atomic mass is 16.2. The van der Waals surface area contributed by atoms with Crippen LogP contribution in [0.5, 0.6) is 0 Å². The molecule has 0 bridgehead atoms. The van der Waals surface area contributed by atoms with Crippen molar-refractivity contribution in [1.29, 1.82) is 0 Å². The molecule has 0 spiro atoms. The first-order chi connectivity index (χ1) is 12.1. The summed E-state index contributed by atoms with van der Waals surface area (Å²) >= 11 is 0. The van der Waals surface area contributed by atoms with E-state index in [1.807, 2.05) is 12.1 Å². The van der Waals surface area contributed by atoms with E-state index in [1.54, 1.807) is 13.1 Å². The third kappa shape index (κ3) is 4.69. The number of piperidine rings is 1. The minimum Gasteiger partial charge on any atom is -0.371 e. The van der Waals surface area contributed by atoms with Crippen LogP contribution in [0.15, 0.2) is 18.3 Å². The van der Waals surface area contributed by atoms with Crippen molar-refractivity contribution in [3.8, 4) is 0 Å². The summed E-state index contributed by atoms with van der Waals surface area (Å²) in [4.78, 5) is 31.0. The van der Waals surface area contributed by atoms with Gasteiger partial charge >= 0.3 is 0 Å². The van der Waals surface area contributed by atoms with Crippen molar-refractivity contribution < 1.29 is 9.59 Å². The molecule has 2 amide bonds. The zero-order chi connectivity index (χ0) is 17.6. The number of amides is 2. The summed E-state index contributed by atoms with van der Waals surface area (Å²) in [6, 6.07) is 3.08. The highest BCUT2D eigenvalue weighted by Crippen LogP contribution is 2.21. The van der Waals surface area contributed by atoms with Crippen LogP contribution in [0.2, 0.25) is 0 Å². The molecule has 2 fully saturated rings. The lowest BCUT2D eigenvalue weighted by molar-refractivity contribution is -0.127. The van der Waals surface area contributed by atoms with E-state index in [2.05, 4.69) is 25.8 Å². The quantitative estimate of drug-likeness (QED) is 0.748. The first kappa shape index (κ1) is 17.7. The van der Waals surface area contributed by atoms with Gasteiger partial charge in [-0.15, -0.1) is 0 Å². The average molecular weight is 345 g/mol. The maximum absolute atomic E-state index is 12.4. The van der Waals surface area contributed by atoms with E-state index >= 15 is 0 Å². The molecule has 0 aromatic carbocycles. The van der Waals surface area contributed by atoms with Crippen LogP contribution in [-0.2, 0) is 9.59 Å². The molecule has 0 unspecified atom stereocenters. The highest BCUT2D eigenvalue weighted by Gasteiger charge is 2.25. The molecule has 0 radical (unpaired) electrons. The zero-order valence-corrected chi connectivity index (χ0v) is 14.8. The van der Waals surface area contributed by atoms with Crippen LogP contribution in [0.3, 0.4) is 0 Å². The number of hydrogen-bond acceptors (Lipinski definition) is 5. The summed E-state index contributed by atoms with van der Waals surface area (Å²) in [5.74, 6) is 0.151. The van der Waals surface area contributed by atoms with Crippen molar-refractivity contribution >= 4 is 23.3 Å². The second-order valence-electron chi connectivity index (χ2n) is 6.82. The molecule has 3 N–H and O–H groups in total. The van der Waals surface area contributed by atoms with E-state index in [4.69, 9.17) is 0 Å². The smallest absolute Gasteiger partial charge is 0.247 e. The van der Waals surface area contributed by atoms with Crippen molar-refractivity contribution in [2.45, 2.75) is 51.1 Å². The summed E-state index contributed by atoms with van der Waals surface area (Å²) in [5, 5.41) is 8.71. The van der Waals surface area contributed by atoms with Crippen LogP contribution < -0.4 is 20.9 Å². The predicted molar refractivity (Wildman–Crippen MR) is 97.6 cm³/mol. The number of aromatic nitrogens is 1. The highest BCUT2D eigenvalue weighted by molar-refractivity contribution is 5.97. The van der Waals surface area contributed by atoms with Gasteiger partial charge in [0, 0.05) is 31.0 Å². The van der Waals surface area contributed by atoms with Gasteiger partial charge < -0.3 is 20.9 Å². The lowest BCUT2D eigenvalue weighted by atomic mass is 10.1. The van der Waals surface area contributed by atoms with Gasteiger partial charge in [-0.3, -0.25) is 9.59 Å². The van der Waals surface area contributed by atoms with Crippen LogP contribution in [0.1, 0.15) is 39.0 Å². The molecule has 2 aliphatic rings. The van der Waals surface area contributed by atoms with Crippen molar-refractivity contribution in [2.75, 3.05) is 29.9 Å². The Morgan fingerprint density at radius 1 is 1.28 bits per heavy atom. The van der Waals surface area contributed by atoms with Crippen LogP contribution in [0.4, 0.5) is 11.5 Å². The average Bonchev–Trinajstić information content (AvgIpc) is 3.17. The normalized spacial score (nSPS) is 21.6. The van der Waals surface area contributed by atoms with Crippen LogP contribution in [0.25, 0.3) is 0 Å². The number of carbonyl (C=O) groups excluding carboxylic acids is 2. The van der Waals surface area contributed by atoms with Crippen molar-refractivity contribution in [3.05, 3.63) is 18.3 Å². The van der Waals surface area contributed by atoms with Gasteiger partial charge in [0.25, 0.3) is 0 Å². The molecular weight excluding hydrogens is 318 g/mol. The summed E-state index contributed by atoms with van der Waals surface area (Å²) in [5.41, 5.74) is 1.08. The van der Waals surface area contributed by atoms with Gasteiger partial charge in [-0.05, 0) is 51.6 Å². The lowest BCUT2D eigenvalue weighted by Crippen LogP contribution is -2.48. The number of rotatable bonds is 5. The minimum absolute atomic E-state index is 0.116. The number of nitrogens with one attached hydrogen (secondary N) is 3. The van der Waals surface area contributed by atoms with E-state index in [1.165, 1.54) is 19.3 Å². The Labute approximate surface area is 148 Å². The lowest BCUT2D eigenvalue weighted by Gasteiger charge is -2.29. The van der Waals surface area contributed by atoms with Crippen LogP contribution >= 0.6 is 0 Å². The molecule has 3 rings (SSSR count). The molecule has 25 heavy (non-hydrogen) atoms. The van der Waals surface area contributed by atoms with Gasteiger partial charge in [-0.1, -0.05) is 0 Å². The van der Waals surface area contributed by atoms with Crippen molar-refractivity contribution in [1.82, 2.24) is 15.6 Å². The van der Waals surface area contributed by atoms with Crippen molar-refractivity contribution in [2.24, 2.45) is 0 Å². The van der Waals surface area contributed by atoms with E-state index in [0.717, 1.165) is 38.2 Å². The number of hydrogen-bond donors (Lipinski definition) is 3. The molecule has 3 heterocycles. The van der Waals surface area contributed by atoms with Gasteiger partial charge in [-0.25, -0.2) is 4.98 Å². The Kier molecular flexibility index (Phi) is 5.86. The van der Waals surface area contributed by atoms with Crippen LogP contribution in [-0.4, -0.2) is 48.5 Å². The third-order valence-electron chi connectivity index (χ3n) is 4.84. The number of nitrogens with zero attached hydrogens (tertiary/aromatic N) is 2. The summed E-state index contributed by atoms with van der Waals surface area (Å²) < 4.78 is 0. The first-order valence-electron chi connectivity index (χ1n) is 9.19. The third-order valence-corrected chi connectivity index (χ3v) is 4.84. The minimum atomic E-state index is -0.602. The maximum atomic E-state index is 12.4. The second kappa shape index (κ2) is 8.29. The van der Waals surface area contributed by atoms with Gasteiger partial charge in [-0.2, -0.15) is 0 Å². The maximum Gasteiger partial charge on any atom is 0.247 e. The Bertz CT molecular complexity index is 609. The van der Waals surface area contributed by atoms with E-state index in [0.29, 0.717) is 5.82 Å². The predicted octanol–water partition coefficient (Wildman–Crippen LogP) is 1.27. The Balaban J connectivity index is 1.55. The van der Waals surface area contributed by atoms with Gasteiger partial charge in [0.05, 0.1) is 6.04 Å². The first-order valence-corrected chi connectivity index (χ1v) is 9.19. The molecular formula is C18H27N5O2. The molecule has 2 atom stereocenters.